The molecule has 3 saturated heterocycles. The molecule has 0 radical (unpaired) electrons. The van der Waals surface area contributed by atoms with Gasteiger partial charge in [0, 0.05) is 18.7 Å². The van der Waals surface area contributed by atoms with Gasteiger partial charge in [0.05, 0.1) is 0 Å². The predicted octanol–water partition coefficient (Wildman–Crippen LogP) is 1.48. The Balaban J connectivity index is 1.68. The van der Waals surface area contributed by atoms with Crippen LogP contribution in [0.4, 0.5) is 5.88 Å². The average molecular weight is 236 g/mol. The molecule has 1 atom stereocenters. The molecule has 0 saturated carbocycles. The van der Waals surface area contributed by atoms with E-state index in [4.69, 9.17) is 9.52 Å². The molecule has 92 valence electrons. The molecule has 3 fully saturated rings. The number of furan rings is 1. The van der Waals surface area contributed by atoms with Crippen molar-refractivity contribution in [2.75, 3.05) is 25.0 Å². The maximum Gasteiger partial charge on any atom is 0.371 e. The summed E-state index contributed by atoms with van der Waals surface area (Å²) in [5, 5.41) is 12.1. The van der Waals surface area contributed by atoms with Gasteiger partial charge in [-0.2, -0.15) is 0 Å². The summed E-state index contributed by atoms with van der Waals surface area (Å²) in [6.45, 7) is 3.43. The molecule has 4 heterocycles. The molecule has 1 aromatic heterocycles. The molecule has 17 heavy (non-hydrogen) atoms. The predicted molar refractivity (Wildman–Crippen MR) is 62.2 cm³/mol. The van der Waals surface area contributed by atoms with E-state index >= 15 is 0 Å². The van der Waals surface area contributed by atoms with Gasteiger partial charge in [0.25, 0.3) is 0 Å². The first kappa shape index (κ1) is 10.7. The smallest absolute Gasteiger partial charge is 0.371 e. The number of aromatic carboxylic acids is 1. The van der Waals surface area contributed by atoms with Gasteiger partial charge in [0.2, 0.25) is 5.76 Å². The monoisotopic (exact) mass is 236 g/mol. The van der Waals surface area contributed by atoms with Gasteiger partial charge < -0.3 is 19.7 Å². The van der Waals surface area contributed by atoms with Crippen LogP contribution in [0.2, 0.25) is 0 Å². The van der Waals surface area contributed by atoms with E-state index in [0.29, 0.717) is 17.8 Å². The molecule has 1 aromatic rings. The van der Waals surface area contributed by atoms with Crippen LogP contribution >= 0.6 is 0 Å². The minimum atomic E-state index is -1.02. The van der Waals surface area contributed by atoms with Gasteiger partial charge in [0.15, 0.2) is 5.88 Å². The molecule has 4 rings (SSSR count). The summed E-state index contributed by atoms with van der Waals surface area (Å²) >= 11 is 0. The SMILES string of the molecule is O=C(O)c1ccc(NC2CN3CCC2CC3)o1. The number of carboxylic acids is 1. The van der Waals surface area contributed by atoms with E-state index in [2.05, 4.69) is 10.2 Å². The number of hydrogen-bond donors (Lipinski definition) is 2. The highest BCUT2D eigenvalue weighted by molar-refractivity contribution is 5.84. The van der Waals surface area contributed by atoms with Crippen LogP contribution in [0, 0.1) is 5.92 Å². The molecule has 3 aliphatic rings. The third-order valence-corrected chi connectivity index (χ3v) is 3.80. The first-order valence-corrected chi connectivity index (χ1v) is 6.04. The Morgan fingerprint density at radius 3 is 2.71 bits per heavy atom. The van der Waals surface area contributed by atoms with Gasteiger partial charge in [-0.15, -0.1) is 0 Å². The van der Waals surface area contributed by atoms with Crippen LogP contribution < -0.4 is 5.32 Å². The quantitative estimate of drug-likeness (QED) is 0.832. The minimum Gasteiger partial charge on any atom is -0.475 e. The second-order valence-electron chi connectivity index (χ2n) is 4.86. The van der Waals surface area contributed by atoms with Crippen LogP contribution in [0.1, 0.15) is 23.4 Å². The van der Waals surface area contributed by atoms with E-state index in [1.54, 1.807) is 6.07 Å². The first-order chi connectivity index (χ1) is 8.22. The van der Waals surface area contributed by atoms with E-state index in [0.717, 1.165) is 6.54 Å². The Bertz CT molecular complexity index is 421. The van der Waals surface area contributed by atoms with Crippen LogP contribution in [-0.4, -0.2) is 41.7 Å². The summed E-state index contributed by atoms with van der Waals surface area (Å²) in [6, 6.07) is 3.58. The number of nitrogens with one attached hydrogen (secondary N) is 1. The second-order valence-corrected chi connectivity index (χ2v) is 4.86. The third kappa shape index (κ3) is 2.02. The lowest BCUT2D eigenvalue weighted by Crippen LogP contribution is -2.53. The normalized spacial score (nSPS) is 31.4. The van der Waals surface area contributed by atoms with Crippen LogP contribution in [0.15, 0.2) is 16.5 Å². The first-order valence-electron chi connectivity index (χ1n) is 6.04. The Hall–Kier alpha value is -1.49. The van der Waals surface area contributed by atoms with Gasteiger partial charge in [-0.25, -0.2) is 4.79 Å². The fourth-order valence-electron chi connectivity index (χ4n) is 2.84. The van der Waals surface area contributed by atoms with Crippen molar-refractivity contribution in [2.24, 2.45) is 5.92 Å². The fraction of sp³-hybridized carbons (Fsp3) is 0.583. The molecule has 5 nitrogen and oxygen atoms in total. The minimum absolute atomic E-state index is 0.00576. The van der Waals surface area contributed by atoms with Gasteiger partial charge in [0.1, 0.15) is 0 Å². The van der Waals surface area contributed by atoms with Gasteiger partial charge in [-0.05, 0) is 37.9 Å². The topological polar surface area (TPSA) is 65.7 Å². The highest BCUT2D eigenvalue weighted by atomic mass is 16.4. The molecular formula is C12H16N2O3. The van der Waals surface area contributed by atoms with Crippen LogP contribution in [0.3, 0.4) is 0 Å². The van der Waals surface area contributed by atoms with Crippen LogP contribution in [0.5, 0.6) is 0 Å². The average Bonchev–Trinajstić information content (AvgIpc) is 2.79. The Morgan fingerprint density at radius 1 is 1.41 bits per heavy atom. The molecule has 5 heteroatoms. The maximum absolute atomic E-state index is 10.7. The molecule has 0 amide bonds. The highest BCUT2D eigenvalue weighted by Crippen LogP contribution is 2.30. The third-order valence-electron chi connectivity index (χ3n) is 3.80. The molecule has 1 unspecified atom stereocenters. The number of rotatable bonds is 3. The number of piperidine rings is 3. The lowest BCUT2D eigenvalue weighted by molar-refractivity contribution is 0.0662. The molecule has 0 aliphatic carbocycles. The van der Waals surface area contributed by atoms with Crippen LogP contribution in [-0.2, 0) is 0 Å². The standard InChI is InChI=1S/C12H16N2O3/c15-12(16)10-1-2-11(17-10)13-9-7-14-5-3-8(9)4-6-14/h1-2,8-9,13H,3-7H2,(H,15,16). The number of anilines is 1. The van der Waals surface area contributed by atoms with Crippen molar-refractivity contribution in [1.29, 1.82) is 0 Å². The van der Waals surface area contributed by atoms with E-state index in [1.165, 1.54) is 32.0 Å². The van der Waals surface area contributed by atoms with E-state index < -0.39 is 5.97 Å². The summed E-state index contributed by atoms with van der Waals surface area (Å²) in [7, 11) is 0. The van der Waals surface area contributed by atoms with Crippen LogP contribution in [0.25, 0.3) is 0 Å². The molecule has 2 bridgehead atoms. The number of nitrogens with zero attached hydrogens (tertiary/aromatic N) is 1. The Morgan fingerprint density at radius 2 is 2.18 bits per heavy atom. The summed E-state index contributed by atoms with van der Waals surface area (Å²) in [4.78, 5) is 13.1. The maximum atomic E-state index is 10.7. The molecule has 0 aromatic carbocycles. The highest BCUT2D eigenvalue weighted by Gasteiger charge is 2.34. The van der Waals surface area contributed by atoms with Gasteiger partial charge in [-0.1, -0.05) is 0 Å². The Labute approximate surface area is 99.4 Å². The van der Waals surface area contributed by atoms with E-state index in [-0.39, 0.29) is 5.76 Å². The second kappa shape index (κ2) is 4.07. The molecule has 0 spiro atoms. The zero-order valence-corrected chi connectivity index (χ0v) is 9.56. The number of fused-ring (bicyclic) bond motifs is 3. The van der Waals surface area contributed by atoms with Crippen molar-refractivity contribution >= 4 is 11.9 Å². The lowest BCUT2D eigenvalue weighted by atomic mass is 9.84. The summed E-state index contributed by atoms with van der Waals surface area (Å²) < 4.78 is 5.23. The fourth-order valence-corrected chi connectivity index (χ4v) is 2.84. The zero-order valence-electron chi connectivity index (χ0n) is 9.56. The lowest BCUT2D eigenvalue weighted by Gasteiger charge is -2.44. The van der Waals surface area contributed by atoms with Gasteiger partial charge in [-0.3, -0.25) is 0 Å². The molecular weight excluding hydrogens is 220 g/mol. The van der Waals surface area contributed by atoms with Crippen molar-refractivity contribution in [3.8, 4) is 0 Å². The van der Waals surface area contributed by atoms with Crippen molar-refractivity contribution in [3.05, 3.63) is 17.9 Å². The van der Waals surface area contributed by atoms with Crippen molar-refractivity contribution in [1.82, 2.24) is 4.90 Å². The molecule has 2 N–H and O–H groups in total. The summed E-state index contributed by atoms with van der Waals surface area (Å²) in [5.74, 6) is 0.236. The molecule has 3 aliphatic heterocycles. The largest absolute Gasteiger partial charge is 0.475 e. The zero-order chi connectivity index (χ0) is 11.8. The number of hydrogen-bond acceptors (Lipinski definition) is 4. The van der Waals surface area contributed by atoms with Crippen molar-refractivity contribution in [2.45, 2.75) is 18.9 Å². The van der Waals surface area contributed by atoms with E-state index in [1.807, 2.05) is 0 Å². The van der Waals surface area contributed by atoms with Gasteiger partial charge >= 0.3 is 5.97 Å². The Kier molecular flexibility index (Phi) is 2.55. The number of carbonyl (C=O) groups is 1. The number of carboxylic acid groups (broad SMARTS) is 1. The van der Waals surface area contributed by atoms with Crippen molar-refractivity contribution < 1.29 is 14.3 Å². The summed E-state index contributed by atoms with van der Waals surface area (Å²) in [5.41, 5.74) is 0. The van der Waals surface area contributed by atoms with E-state index in [9.17, 15) is 4.79 Å². The van der Waals surface area contributed by atoms with Crippen molar-refractivity contribution in [3.63, 3.8) is 0 Å². The summed E-state index contributed by atoms with van der Waals surface area (Å²) in [6.07, 6.45) is 2.45.